The normalized spacial score (nSPS) is 24.9. The van der Waals surface area contributed by atoms with Crippen molar-refractivity contribution in [3.63, 3.8) is 0 Å². The predicted octanol–water partition coefficient (Wildman–Crippen LogP) is 1.60. The molecule has 0 saturated carbocycles. The molecule has 0 aromatic carbocycles. The molecule has 2 aliphatic rings. The van der Waals surface area contributed by atoms with E-state index in [-0.39, 0.29) is 0 Å². The van der Waals surface area contributed by atoms with Gasteiger partial charge in [-0.05, 0) is 19.3 Å². The molecule has 0 aliphatic carbocycles. The lowest BCUT2D eigenvalue weighted by molar-refractivity contribution is 0.0818. The maximum absolute atomic E-state index is 5.43. The molecule has 2 aliphatic heterocycles. The maximum atomic E-state index is 5.43. The number of hydrogen-bond acceptors (Lipinski definition) is 5. The van der Waals surface area contributed by atoms with Crippen molar-refractivity contribution in [2.75, 3.05) is 38.3 Å². The maximum Gasteiger partial charge on any atom is 0.132 e. The molecule has 5 heteroatoms. The minimum atomic E-state index is 0.404. The van der Waals surface area contributed by atoms with Crippen LogP contribution in [0.1, 0.15) is 30.9 Å². The zero-order valence-corrected chi connectivity index (χ0v) is 11.4. The number of ether oxygens (including phenoxy) is 2. The topological polar surface area (TPSA) is 47.5 Å². The monoisotopic (exact) mass is 263 g/mol. The van der Waals surface area contributed by atoms with E-state index >= 15 is 0 Å². The second kappa shape index (κ2) is 5.84. The van der Waals surface area contributed by atoms with Gasteiger partial charge in [-0.15, -0.1) is 0 Å². The summed E-state index contributed by atoms with van der Waals surface area (Å²) in [7, 11) is 1.79. The molecular weight excluding hydrogens is 242 g/mol. The first kappa shape index (κ1) is 12.8. The summed E-state index contributed by atoms with van der Waals surface area (Å²) >= 11 is 0. The molecule has 2 saturated heterocycles. The number of anilines is 1. The molecule has 1 unspecified atom stereocenters. The fraction of sp³-hybridized carbons (Fsp3) is 0.714. The Hall–Kier alpha value is -1.20. The molecule has 2 fully saturated rings. The van der Waals surface area contributed by atoms with Gasteiger partial charge in [0.15, 0.2) is 0 Å². The Morgan fingerprint density at radius 3 is 2.79 bits per heavy atom. The number of hydrogen-bond donors (Lipinski definition) is 0. The Morgan fingerprint density at radius 2 is 2.11 bits per heavy atom. The van der Waals surface area contributed by atoms with Crippen molar-refractivity contribution in [2.45, 2.75) is 31.3 Å². The van der Waals surface area contributed by atoms with Crippen molar-refractivity contribution in [3.05, 3.63) is 18.1 Å². The summed E-state index contributed by atoms with van der Waals surface area (Å²) in [5.74, 6) is 1.49. The number of piperidine rings is 1. The molecule has 0 bridgehead atoms. The number of nitrogens with zero attached hydrogens (tertiary/aromatic N) is 3. The fourth-order valence-electron chi connectivity index (χ4n) is 2.85. The van der Waals surface area contributed by atoms with Gasteiger partial charge in [0, 0.05) is 38.8 Å². The largest absolute Gasteiger partial charge is 0.381 e. The van der Waals surface area contributed by atoms with Crippen molar-refractivity contribution >= 4 is 5.82 Å². The average Bonchev–Trinajstić information content (AvgIpc) is 3.02. The highest BCUT2D eigenvalue weighted by Crippen LogP contribution is 2.26. The Kier molecular flexibility index (Phi) is 3.94. The summed E-state index contributed by atoms with van der Waals surface area (Å²) in [6.45, 7) is 3.66. The van der Waals surface area contributed by atoms with Crippen LogP contribution >= 0.6 is 0 Å². The van der Waals surface area contributed by atoms with E-state index in [9.17, 15) is 0 Å². The van der Waals surface area contributed by atoms with E-state index in [1.807, 2.05) is 0 Å². The van der Waals surface area contributed by atoms with Crippen LogP contribution in [0.4, 0.5) is 5.82 Å². The molecule has 19 heavy (non-hydrogen) atoms. The molecular formula is C14H21N3O2. The molecule has 1 aromatic rings. The van der Waals surface area contributed by atoms with Gasteiger partial charge in [0.2, 0.25) is 0 Å². The van der Waals surface area contributed by atoms with Crippen LogP contribution < -0.4 is 4.90 Å². The Bertz CT molecular complexity index is 413. The summed E-state index contributed by atoms with van der Waals surface area (Å²) in [6, 6.07) is 2.13. The van der Waals surface area contributed by atoms with Gasteiger partial charge in [-0.1, -0.05) is 0 Å². The van der Waals surface area contributed by atoms with Crippen molar-refractivity contribution in [2.24, 2.45) is 0 Å². The van der Waals surface area contributed by atoms with E-state index in [4.69, 9.17) is 9.47 Å². The van der Waals surface area contributed by atoms with Gasteiger partial charge in [-0.2, -0.15) is 0 Å². The zero-order valence-electron chi connectivity index (χ0n) is 11.4. The van der Waals surface area contributed by atoms with Gasteiger partial charge in [-0.25, -0.2) is 9.97 Å². The number of aromatic nitrogens is 2. The van der Waals surface area contributed by atoms with Gasteiger partial charge in [0.05, 0.1) is 18.4 Å². The first-order valence-electron chi connectivity index (χ1n) is 7.04. The van der Waals surface area contributed by atoms with Gasteiger partial charge < -0.3 is 14.4 Å². The van der Waals surface area contributed by atoms with E-state index in [1.54, 1.807) is 13.4 Å². The van der Waals surface area contributed by atoms with E-state index in [0.29, 0.717) is 12.0 Å². The first-order chi connectivity index (χ1) is 9.36. The lowest BCUT2D eigenvalue weighted by Gasteiger charge is -2.32. The third kappa shape index (κ3) is 2.87. The van der Waals surface area contributed by atoms with E-state index in [1.165, 1.54) is 0 Å². The van der Waals surface area contributed by atoms with Crippen LogP contribution in [0.2, 0.25) is 0 Å². The molecule has 104 valence electrons. The molecule has 0 radical (unpaired) electrons. The van der Waals surface area contributed by atoms with E-state index < -0.39 is 0 Å². The van der Waals surface area contributed by atoms with Crippen molar-refractivity contribution in [1.82, 2.24) is 9.97 Å². The molecule has 3 heterocycles. The molecule has 3 rings (SSSR count). The van der Waals surface area contributed by atoms with Crippen LogP contribution in [0.3, 0.4) is 0 Å². The summed E-state index contributed by atoms with van der Waals surface area (Å²) in [6.07, 6.45) is 5.30. The first-order valence-corrected chi connectivity index (χ1v) is 7.04. The molecule has 1 atom stereocenters. The van der Waals surface area contributed by atoms with Gasteiger partial charge in [0.1, 0.15) is 12.1 Å². The van der Waals surface area contributed by atoms with Gasteiger partial charge in [0.25, 0.3) is 0 Å². The van der Waals surface area contributed by atoms with Crippen molar-refractivity contribution < 1.29 is 9.47 Å². The van der Waals surface area contributed by atoms with Crippen LogP contribution in [0, 0.1) is 0 Å². The second-order valence-electron chi connectivity index (χ2n) is 5.28. The Balaban J connectivity index is 1.69. The minimum Gasteiger partial charge on any atom is -0.381 e. The van der Waals surface area contributed by atoms with Crippen molar-refractivity contribution in [1.29, 1.82) is 0 Å². The highest BCUT2D eigenvalue weighted by molar-refractivity contribution is 5.40. The van der Waals surface area contributed by atoms with Crippen LogP contribution in [0.25, 0.3) is 0 Å². The number of rotatable bonds is 3. The third-order valence-electron chi connectivity index (χ3n) is 4.12. The van der Waals surface area contributed by atoms with Gasteiger partial charge >= 0.3 is 0 Å². The van der Waals surface area contributed by atoms with Crippen LogP contribution in [0.15, 0.2) is 12.4 Å². The van der Waals surface area contributed by atoms with E-state index in [0.717, 1.165) is 57.1 Å². The molecule has 0 amide bonds. The number of methoxy groups -OCH3 is 1. The van der Waals surface area contributed by atoms with Crippen molar-refractivity contribution in [3.8, 4) is 0 Å². The summed E-state index contributed by atoms with van der Waals surface area (Å²) in [5, 5.41) is 0. The SMILES string of the molecule is COC1CCN(c2cc(C3CCOC3)ncn2)CC1. The molecule has 0 N–H and O–H groups in total. The lowest BCUT2D eigenvalue weighted by atomic mass is 10.0. The third-order valence-corrected chi connectivity index (χ3v) is 4.12. The average molecular weight is 263 g/mol. The molecule has 0 spiro atoms. The zero-order chi connectivity index (χ0) is 13.1. The predicted molar refractivity (Wildman–Crippen MR) is 72.5 cm³/mol. The highest BCUT2D eigenvalue weighted by atomic mass is 16.5. The Labute approximate surface area is 113 Å². The standard InChI is InChI=1S/C14H21N3O2/c1-18-12-2-5-17(6-3-12)14-8-13(15-10-16-14)11-4-7-19-9-11/h8,10-12H,2-7,9H2,1H3. The highest BCUT2D eigenvalue weighted by Gasteiger charge is 2.23. The summed E-state index contributed by atoms with van der Waals surface area (Å²) in [4.78, 5) is 11.2. The Morgan fingerprint density at radius 1 is 1.26 bits per heavy atom. The summed E-state index contributed by atoms with van der Waals surface area (Å²) in [5.41, 5.74) is 1.12. The fourth-order valence-corrected chi connectivity index (χ4v) is 2.85. The van der Waals surface area contributed by atoms with Crippen LogP contribution in [-0.2, 0) is 9.47 Å². The second-order valence-corrected chi connectivity index (χ2v) is 5.28. The van der Waals surface area contributed by atoms with Crippen LogP contribution in [0.5, 0.6) is 0 Å². The van der Waals surface area contributed by atoms with E-state index in [2.05, 4.69) is 20.9 Å². The van der Waals surface area contributed by atoms with Gasteiger partial charge in [-0.3, -0.25) is 0 Å². The minimum absolute atomic E-state index is 0.404. The summed E-state index contributed by atoms with van der Waals surface area (Å²) < 4.78 is 10.8. The molecule has 1 aromatic heterocycles. The lowest BCUT2D eigenvalue weighted by Crippen LogP contribution is -2.37. The quantitative estimate of drug-likeness (QED) is 0.829. The smallest absolute Gasteiger partial charge is 0.132 e. The molecule has 5 nitrogen and oxygen atoms in total. The van der Waals surface area contributed by atoms with Crippen LogP contribution in [-0.4, -0.2) is 49.5 Å².